The number of hydrogen-bond acceptors (Lipinski definition) is 1. The van der Waals surface area contributed by atoms with Gasteiger partial charge in [0, 0.05) is 6.04 Å². The van der Waals surface area contributed by atoms with Crippen LogP contribution < -0.4 is 5.32 Å². The Morgan fingerprint density at radius 1 is 1.25 bits per heavy atom. The lowest BCUT2D eigenvalue weighted by atomic mass is 9.85. The summed E-state index contributed by atoms with van der Waals surface area (Å²) in [7, 11) is 0. The Balaban J connectivity index is 2.35. The van der Waals surface area contributed by atoms with Gasteiger partial charge in [-0.2, -0.15) is 13.2 Å². The third-order valence-corrected chi connectivity index (χ3v) is 2.85. The van der Waals surface area contributed by atoms with Gasteiger partial charge in [0.1, 0.15) is 0 Å². The Hall–Kier alpha value is -1.00. The number of carbonyl (C=O) groups is 1. The van der Waals surface area contributed by atoms with E-state index in [9.17, 15) is 18.0 Å². The highest BCUT2D eigenvalue weighted by molar-refractivity contribution is 5.87. The van der Waals surface area contributed by atoms with E-state index in [0.717, 1.165) is 0 Å². The van der Waals surface area contributed by atoms with Crippen LogP contribution in [0.5, 0.6) is 0 Å². The second-order valence-corrected chi connectivity index (χ2v) is 4.10. The van der Waals surface area contributed by atoms with Gasteiger partial charge >= 0.3 is 6.18 Å². The largest absolute Gasteiger partial charge is 0.391 e. The first kappa shape index (κ1) is 13.1. The first-order valence-electron chi connectivity index (χ1n) is 5.43. The molecule has 0 saturated heterocycles. The zero-order valence-corrected chi connectivity index (χ0v) is 9.18. The van der Waals surface area contributed by atoms with E-state index in [4.69, 9.17) is 0 Å². The topological polar surface area (TPSA) is 29.1 Å². The van der Waals surface area contributed by atoms with E-state index in [1.165, 1.54) is 6.08 Å². The van der Waals surface area contributed by atoms with Gasteiger partial charge in [-0.15, -0.1) is 0 Å². The number of carbonyl (C=O) groups excluding carboxylic acids is 1. The molecule has 0 aromatic rings. The Morgan fingerprint density at radius 2 is 1.81 bits per heavy atom. The molecule has 16 heavy (non-hydrogen) atoms. The summed E-state index contributed by atoms with van der Waals surface area (Å²) in [6.45, 7) is 1.72. The van der Waals surface area contributed by atoms with Crippen LogP contribution in [0.2, 0.25) is 0 Å². The summed E-state index contributed by atoms with van der Waals surface area (Å²) in [5.74, 6) is -1.42. The SMILES string of the molecule is CC=CC(=O)NC1CCC(C(F)(F)F)CC1. The van der Waals surface area contributed by atoms with Gasteiger partial charge in [-0.05, 0) is 38.7 Å². The molecule has 0 heterocycles. The second-order valence-electron chi connectivity index (χ2n) is 4.10. The highest BCUT2D eigenvalue weighted by Gasteiger charge is 2.41. The highest BCUT2D eigenvalue weighted by Crippen LogP contribution is 2.37. The number of amides is 1. The Morgan fingerprint density at radius 3 is 2.25 bits per heavy atom. The van der Waals surface area contributed by atoms with Gasteiger partial charge in [-0.1, -0.05) is 6.08 Å². The van der Waals surface area contributed by atoms with Crippen LogP contribution in [0.25, 0.3) is 0 Å². The predicted molar refractivity (Wildman–Crippen MR) is 54.8 cm³/mol. The van der Waals surface area contributed by atoms with Crippen molar-refractivity contribution in [2.75, 3.05) is 0 Å². The van der Waals surface area contributed by atoms with E-state index in [1.54, 1.807) is 13.0 Å². The number of rotatable bonds is 2. The van der Waals surface area contributed by atoms with E-state index in [-0.39, 0.29) is 24.8 Å². The van der Waals surface area contributed by atoms with Crippen LogP contribution in [0.1, 0.15) is 32.6 Å². The minimum Gasteiger partial charge on any atom is -0.350 e. The summed E-state index contributed by atoms with van der Waals surface area (Å²) in [5, 5.41) is 2.70. The molecule has 1 saturated carbocycles. The van der Waals surface area contributed by atoms with E-state index in [0.29, 0.717) is 12.8 Å². The molecule has 0 aromatic heterocycles. The monoisotopic (exact) mass is 235 g/mol. The van der Waals surface area contributed by atoms with Crippen LogP contribution in [-0.2, 0) is 4.79 Å². The average Bonchev–Trinajstić information content (AvgIpc) is 2.17. The van der Waals surface area contributed by atoms with Crippen molar-refractivity contribution in [1.82, 2.24) is 5.32 Å². The molecule has 0 spiro atoms. The quantitative estimate of drug-likeness (QED) is 0.733. The number of hydrogen-bond donors (Lipinski definition) is 1. The number of alkyl halides is 3. The molecule has 5 heteroatoms. The summed E-state index contributed by atoms with van der Waals surface area (Å²) >= 11 is 0. The fourth-order valence-electron chi connectivity index (χ4n) is 1.97. The first-order valence-corrected chi connectivity index (χ1v) is 5.43. The maximum atomic E-state index is 12.4. The van der Waals surface area contributed by atoms with Crippen molar-refractivity contribution in [3.05, 3.63) is 12.2 Å². The Labute approximate surface area is 92.9 Å². The molecular formula is C11H16F3NO. The molecule has 0 atom stereocenters. The van der Waals surface area contributed by atoms with Crippen LogP contribution in [0.3, 0.4) is 0 Å². The number of nitrogens with one attached hydrogen (secondary N) is 1. The van der Waals surface area contributed by atoms with Crippen molar-refractivity contribution in [2.24, 2.45) is 5.92 Å². The van der Waals surface area contributed by atoms with Gasteiger partial charge in [-0.3, -0.25) is 4.79 Å². The second kappa shape index (κ2) is 5.37. The molecule has 1 amide bonds. The van der Waals surface area contributed by atoms with Crippen molar-refractivity contribution in [1.29, 1.82) is 0 Å². The van der Waals surface area contributed by atoms with Gasteiger partial charge < -0.3 is 5.32 Å². The minimum atomic E-state index is -4.09. The molecule has 0 aliphatic heterocycles. The molecule has 1 aliphatic carbocycles. The molecule has 0 bridgehead atoms. The number of allylic oxidation sites excluding steroid dienone is 1. The van der Waals surface area contributed by atoms with Crippen LogP contribution >= 0.6 is 0 Å². The van der Waals surface area contributed by atoms with Crippen LogP contribution in [0.15, 0.2) is 12.2 Å². The highest BCUT2D eigenvalue weighted by atomic mass is 19.4. The molecule has 1 fully saturated rings. The molecule has 0 radical (unpaired) electrons. The lowest BCUT2D eigenvalue weighted by Gasteiger charge is -2.30. The maximum Gasteiger partial charge on any atom is 0.391 e. The Kier molecular flexibility index (Phi) is 4.38. The fraction of sp³-hybridized carbons (Fsp3) is 0.727. The molecule has 0 unspecified atom stereocenters. The standard InChI is InChI=1S/C11H16F3NO/c1-2-3-10(16)15-9-6-4-8(5-7-9)11(12,13)14/h2-3,8-9H,4-7H2,1H3,(H,15,16). The van der Waals surface area contributed by atoms with Gasteiger partial charge in [0.15, 0.2) is 0 Å². The smallest absolute Gasteiger partial charge is 0.350 e. The van der Waals surface area contributed by atoms with Gasteiger partial charge in [0.05, 0.1) is 5.92 Å². The van der Waals surface area contributed by atoms with E-state index in [2.05, 4.69) is 5.32 Å². The third-order valence-electron chi connectivity index (χ3n) is 2.85. The molecular weight excluding hydrogens is 219 g/mol. The summed E-state index contributed by atoms with van der Waals surface area (Å²) in [6.07, 6.45) is -0.0413. The van der Waals surface area contributed by atoms with E-state index < -0.39 is 12.1 Å². The zero-order chi connectivity index (χ0) is 12.2. The first-order chi connectivity index (χ1) is 7.43. The molecule has 92 valence electrons. The van der Waals surface area contributed by atoms with Crippen LogP contribution in [0.4, 0.5) is 13.2 Å². The minimum absolute atomic E-state index is 0.109. The van der Waals surface area contributed by atoms with Gasteiger partial charge in [0.25, 0.3) is 0 Å². The van der Waals surface area contributed by atoms with Gasteiger partial charge in [0.2, 0.25) is 5.91 Å². The van der Waals surface area contributed by atoms with Gasteiger partial charge in [-0.25, -0.2) is 0 Å². The Bertz CT molecular complexity index is 265. The molecule has 0 aromatic carbocycles. The fourth-order valence-corrected chi connectivity index (χ4v) is 1.97. The maximum absolute atomic E-state index is 12.4. The molecule has 2 nitrogen and oxygen atoms in total. The lowest BCUT2D eigenvalue weighted by Crippen LogP contribution is -2.39. The van der Waals surface area contributed by atoms with Crippen molar-refractivity contribution in [3.63, 3.8) is 0 Å². The lowest BCUT2D eigenvalue weighted by molar-refractivity contribution is -0.182. The van der Waals surface area contributed by atoms with Crippen LogP contribution in [-0.4, -0.2) is 18.1 Å². The van der Waals surface area contributed by atoms with Crippen molar-refractivity contribution in [3.8, 4) is 0 Å². The molecule has 1 aliphatic rings. The van der Waals surface area contributed by atoms with Crippen molar-refractivity contribution < 1.29 is 18.0 Å². The normalized spacial score (nSPS) is 27.0. The summed E-state index contributed by atoms with van der Waals surface area (Å²) < 4.78 is 37.1. The summed E-state index contributed by atoms with van der Waals surface area (Å²) in [4.78, 5) is 11.2. The number of halogens is 3. The molecule has 1 rings (SSSR count). The third kappa shape index (κ3) is 3.87. The van der Waals surface area contributed by atoms with E-state index >= 15 is 0 Å². The summed E-state index contributed by atoms with van der Waals surface area (Å²) in [5.41, 5.74) is 0. The van der Waals surface area contributed by atoms with E-state index in [1.807, 2.05) is 0 Å². The predicted octanol–water partition coefficient (Wildman–Crippen LogP) is 2.80. The zero-order valence-electron chi connectivity index (χ0n) is 9.18. The summed E-state index contributed by atoms with van der Waals surface area (Å²) in [6, 6.07) is -0.109. The van der Waals surface area contributed by atoms with Crippen molar-refractivity contribution >= 4 is 5.91 Å². The van der Waals surface area contributed by atoms with Crippen molar-refractivity contribution in [2.45, 2.75) is 44.8 Å². The molecule has 1 N–H and O–H groups in total. The van der Waals surface area contributed by atoms with Crippen LogP contribution in [0, 0.1) is 5.92 Å². The average molecular weight is 235 g/mol.